The lowest BCUT2D eigenvalue weighted by atomic mass is 9.87. The topological polar surface area (TPSA) is 59.1 Å². The fourth-order valence-corrected chi connectivity index (χ4v) is 4.52. The third-order valence-electron chi connectivity index (χ3n) is 5.87. The van der Waals surface area contributed by atoms with Gasteiger partial charge in [-0.1, -0.05) is 48.5 Å². The molecule has 6 nitrogen and oxygen atoms in total. The van der Waals surface area contributed by atoms with E-state index in [1.807, 2.05) is 11.0 Å². The summed E-state index contributed by atoms with van der Waals surface area (Å²) in [6.45, 7) is 1.51. The molecule has 2 aliphatic rings. The van der Waals surface area contributed by atoms with Gasteiger partial charge in [-0.15, -0.1) is 0 Å². The first-order valence-electron chi connectivity index (χ1n) is 11.0. The summed E-state index contributed by atoms with van der Waals surface area (Å²) in [7, 11) is 0. The third-order valence-corrected chi connectivity index (χ3v) is 6.61. The number of alkyl halides is 3. The molecule has 0 radical (unpaired) electrons. The van der Waals surface area contributed by atoms with E-state index in [9.17, 15) is 22.8 Å². The van der Waals surface area contributed by atoms with Crippen LogP contribution in [-0.2, 0) is 25.7 Å². The van der Waals surface area contributed by atoms with E-state index in [4.69, 9.17) is 27.9 Å². The molecular weight excluding hydrogens is 484 g/mol. The molecule has 1 heterocycles. The van der Waals surface area contributed by atoms with Gasteiger partial charge in [0.25, 0.3) is 5.91 Å². The molecule has 33 heavy (non-hydrogen) atoms. The highest BCUT2D eigenvalue weighted by Gasteiger charge is 2.44. The number of hydrogen-bond donors (Lipinski definition) is 0. The van der Waals surface area contributed by atoms with Crippen LogP contribution in [-0.4, -0.2) is 60.4 Å². The van der Waals surface area contributed by atoms with Gasteiger partial charge in [-0.3, -0.25) is 9.69 Å². The molecule has 0 N–H and O–H groups in total. The van der Waals surface area contributed by atoms with Crippen molar-refractivity contribution in [3.8, 4) is 0 Å². The molecule has 1 atom stereocenters. The number of benzene rings is 1. The highest BCUT2D eigenvalue weighted by Crippen LogP contribution is 2.28. The highest BCUT2D eigenvalue weighted by atomic mass is 35.5. The molecule has 1 aromatic rings. The Morgan fingerprint density at radius 3 is 2.55 bits per heavy atom. The summed E-state index contributed by atoms with van der Waals surface area (Å²) < 4.78 is 44.1. The van der Waals surface area contributed by atoms with E-state index in [2.05, 4.69) is 4.84 Å². The largest absolute Gasteiger partial charge is 0.493 e. The maximum atomic E-state index is 12.8. The van der Waals surface area contributed by atoms with Gasteiger partial charge in [0.15, 0.2) is 0 Å². The standard InChI is InChI=1S/C22H27Cl2F3N2O4/c23-18-7-6-16(10-19(18)24)12-28-8-9-32-17(13-28)14-29(33-21(31)22(25,26)27)20(30)11-15-4-2-1-3-5-15/h6-7,10,15,17H,1-5,8-9,11-14H2. The molecule has 1 aromatic carbocycles. The van der Waals surface area contributed by atoms with Crippen LogP contribution in [0, 0.1) is 5.92 Å². The fraction of sp³-hybridized carbons (Fsp3) is 0.636. The highest BCUT2D eigenvalue weighted by molar-refractivity contribution is 6.42. The van der Waals surface area contributed by atoms with E-state index < -0.39 is 24.2 Å². The quantitative estimate of drug-likeness (QED) is 0.503. The summed E-state index contributed by atoms with van der Waals surface area (Å²) in [6, 6.07) is 5.28. The van der Waals surface area contributed by atoms with Crippen molar-refractivity contribution in [3.05, 3.63) is 33.8 Å². The number of hydroxylamine groups is 2. The molecule has 1 amide bonds. The Kier molecular flexibility index (Phi) is 9.26. The number of halogens is 5. The number of carbonyl (C=O) groups excluding carboxylic acids is 2. The number of hydrogen-bond acceptors (Lipinski definition) is 5. The maximum absolute atomic E-state index is 12.8. The van der Waals surface area contributed by atoms with Crippen molar-refractivity contribution in [1.29, 1.82) is 0 Å². The zero-order valence-electron chi connectivity index (χ0n) is 18.1. The normalized spacial score (nSPS) is 20.5. The van der Waals surface area contributed by atoms with Gasteiger partial charge < -0.3 is 9.57 Å². The third kappa shape index (κ3) is 8.02. The van der Waals surface area contributed by atoms with Gasteiger partial charge in [-0.05, 0) is 36.5 Å². The minimum absolute atomic E-state index is 0.0465. The Labute approximate surface area is 200 Å². The molecular formula is C22H27Cl2F3N2O4. The Balaban J connectivity index is 1.63. The number of rotatable bonds is 6. The van der Waals surface area contributed by atoms with Crippen LogP contribution in [0.1, 0.15) is 44.1 Å². The van der Waals surface area contributed by atoms with Crippen LogP contribution in [0.25, 0.3) is 0 Å². The first-order chi connectivity index (χ1) is 15.6. The average Bonchev–Trinajstić information content (AvgIpc) is 2.76. The summed E-state index contributed by atoms with van der Waals surface area (Å²) in [5.41, 5.74) is 0.916. The predicted octanol–water partition coefficient (Wildman–Crippen LogP) is 5.01. The Morgan fingerprint density at radius 2 is 1.88 bits per heavy atom. The molecule has 0 spiro atoms. The van der Waals surface area contributed by atoms with Gasteiger partial charge in [0.1, 0.15) is 0 Å². The Bertz CT molecular complexity index is 834. The van der Waals surface area contributed by atoms with E-state index in [0.29, 0.717) is 41.3 Å². The first-order valence-corrected chi connectivity index (χ1v) is 11.7. The van der Waals surface area contributed by atoms with Crippen LogP contribution in [0.5, 0.6) is 0 Å². The van der Waals surface area contributed by atoms with Crippen molar-refractivity contribution in [1.82, 2.24) is 9.96 Å². The minimum Gasteiger partial charge on any atom is -0.374 e. The monoisotopic (exact) mass is 510 g/mol. The van der Waals surface area contributed by atoms with Gasteiger partial charge in [0, 0.05) is 26.1 Å². The lowest BCUT2D eigenvalue weighted by molar-refractivity contribution is -0.242. The molecule has 1 aliphatic heterocycles. The van der Waals surface area contributed by atoms with Crippen LogP contribution in [0.3, 0.4) is 0 Å². The van der Waals surface area contributed by atoms with E-state index in [-0.39, 0.29) is 18.9 Å². The molecule has 1 saturated heterocycles. The molecule has 1 unspecified atom stereocenters. The number of amides is 1. The molecule has 3 rings (SSSR count). The molecule has 184 valence electrons. The van der Waals surface area contributed by atoms with Crippen molar-refractivity contribution in [3.63, 3.8) is 0 Å². The molecule has 2 fully saturated rings. The molecule has 11 heteroatoms. The van der Waals surface area contributed by atoms with Crippen molar-refractivity contribution in [2.24, 2.45) is 5.92 Å². The summed E-state index contributed by atoms with van der Waals surface area (Å²) in [6.07, 6.45) is -1.04. The van der Waals surface area contributed by atoms with E-state index in [1.54, 1.807) is 12.1 Å². The van der Waals surface area contributed by atoms with E-state index in [1.165, 1.54) is 0 Å². The lowest BCUT2D eigenvalue weighted by Crippen LogP contribution is -2.50. The van der Waals surface area contributed by atoms with Gasteiger partial charge >= 0.3 is 12.1 Å². The van der Waals surface area contributed by atoms with Crippen LogP contribution < -0.4 is 0 Å². The van der Waals surface area contributed by atoms with Crippen LogP contribution >= 0.6 is 23.2 Å². The van der Waals surface area contributed by atoms with Crippen LogP contribution in [0.15, 0.2) is 18.2 Å². The number of ether oxygens (including phenoxy) is 1. The van der Waals surface area contributed by atoms with Gasteiger partial charge in [0.05, 0.1) is 29.3 Å². The summed E-state index contributed by atoms with van der Waals surface area (Å²) in [5, 5.41) is 1.41. The van der Waals surface area contributed by atoms with Crippen LogP contribution in [0.2, 0.25) is 10.0 Å². The second kappa shape index (κ2) is 11.7. The SMILES string of the molecule is O=C(CC1CCCCC1)N(CC1CN(Cc2ccc(Cl)c(Cl)c2)CCO1)OC(=O)C(F)(F)F. The first kappa shape index (κ1) is 26.1. The zero-order valence-corrected chi connectivity index (χ0v) is 19.6. The number of nitrogens with zero attached hydrogens (tertiary/aromatic N) is 2. The number of morpholine rings is 1. The molecule has 0 aromatic heterocycles. The lowest BCUT2D eigenvalue weighted by Gasteiger charge is -2.35. The predicted molar refractivity (Wildman–Crippen MR) is 117 cm³/mol. The molecule has 1 aliphatic carbocycles. The maximum Gasteiger partial charge on any atom is 0.493 e. The van der Waals surface area contributed by atoms with Gasteiger partial charge in [-0.25, -0.2) is 4.79 Å². The Morgan fingerprint density at radius 1 is 1.15 bits per heavy atom. The summed E-state index contributed by atoms with van der Waals surface area (Å²) in [5.74, 6) is -2.97. The minimum atomic E-state index is -5.20. The fourth-order valence-electron chi connectivity index (χ4n) is 4.20. The van der Waals surface area contributed by atoms with Crippen molar-refractivity contribution in [2.45, 2.75) is 57.3 Å². The summed E-state index contributed by atoms with van der Waals surface area (Å²) in [4.78, 5) is 30.8. The number of carbonyl (C=O) groups is 2. The van der Waals surface area contributed by atoms with Gasteiger partial charge in [0.2, 0.25) is 0 Å². The van der Waals surface area contributed by atoms with E-state index in [0.717, 1.165) is 37.7 Å². The second-order valence-electron chi connectivity index (χ2n) is 8.52. The van der Waals surface area contributed by atoms with E-state index >= 15 is 0 Å². The second-order valence-corrected chi connectivity index (χ2v) is 9.33. The molecule has 0 bridgehead atoms. The smallest absolute Gasteiger partial charge is 0.374 e. The van der Waals surface area contributed by atoms with Crippen molar-refractivity contribution < 1.29 is 32.3 Å². The average molecular weight is 511 g/mol. The van der Waals surface area contributed by atoms with Crippen LogP contribution in [0.4, 0.5) is 13.2 Å². The zero-order chi connectivity index (χ0) is 24.0. The van der Waals surface area contributed by atoms with Gasteiger partial charge in [-0.2, -0.15) is 18.2 Å². The Hall–Kier alpha value is -1.55. The summed E-state index contributed by atoms with van der Waals surface area (Å²) >= 11 is 12.0. The van der Waals surface area contributed by atoms with Crippen molar-refractivity contribution >= 4 is 35.1 Å². The van der Waals surface area contributed by atoms with Crippen molar-refractivity contribution in [2.75, 3.05) is 26.2 Å². The molecule has 1 saturated carbocycles.